The zero-order chi connectivity index (χ0) is 22.4. The molecular weight excluding hydrogens is 418 g/mol. The van der Waals surface area contributed by atoms with Crippen molar-refractivity contribution in [3.05, 3.63) is 83.1 Å². The molecule has 0 saturated carbocycles. The van der Waals surface area contributed by atoms with Crippen LogP contribution in [0, 0.1) is 11.6 Å². The Morgan fingerprint density at radius 1 is 1.09 bits per heavy atom. The van der Waals surface area contributed by atoms with Gasteiger partial charge in [-0.05, 0) is 30.3 Å². The molecule has 0 fully saturated rings. The Hall–Kier alpha value is -4.41. The van der Waals surface area contributed by atoms with Gasteiger partial charge in [0.2, 0.25) is 0 Å². The van der Waals surface area contributed by atoms with Gasteiger partial charge in [0.25, 0.3) is 0 Å². The first kappa shape index (κ1) is 19.5. The normalized spacial score (nSPS) is 11.3. The first-order valence-electron chi connectivity index (χ1n) is 9.53. The van der Waals surface area contributed by atoms with E-state index in [1.54, 1.807) is 18.3 Å². The van der Waals surface area contributed by atoms with Crippen molar-refractivity contribution >= 4 is 16.9 Å². The number of nitrogens with two attached hydrogens (primary N) is 1. The lowest BCUT2D eigenvalue weighted by Gasteiger charge is -2.04. The van der Waals surface area contributed by atoms with Crippen molar-refractivity contribution in [2.24, 2.45) is 7.05 Å². The molecule has 4 aromatic heterocycles. The Balaban J connectivity index is 1.48. The number of nitrogens with zero attached hydrogens (tertiary/aromatic N) is 7. The van der Waals surface area contributed by atoms with E-state index in [9.17, 15) is 13.6 Å². The van der Waals surface area contributed by atoms with Gasteiger partial charge in [0.1, 0.15) is 35.8 Å². The largest absolute Gasteiger partial charge is 0.383 e. The molecule has 0 amide bonds. The van der Waals surface area contributed by atoms with E-state index in [0.717, 1.165) is 34.0 Å². The molecule has 0 unspecified atom stereocenters. The smallest absolute Gasteiger partial charge is 0.352 e. The van der Waals surface area contributed by atoms with Gasteiger partial charge in [-0.3, -0.25) is 4.57 Å². The molecule has 0 aliphatic rings. The average Bonchev–Trinajstić information content (AvgIpc) is 3.32. The van der Waals surface area contributed by atoms with Crippen LogP contribution >= 0.6 is 0 Å². The predicted octanol–water partition coefficient (Wildman–Crippen LogP) is 2.29. The van der Waals surface area contributed by atoms with E-state index in [0.29, 0.717) is 16.9 Å². The summed E-state index contributed by atoms with van der Waals surface area (Å²) in [7, 11) is 1.85. The van der Waals surface area contributed by atoms with Crippen molar-refractivity contribution in [1.29, 1.82) is 0 Å². The highest BCUT2D eigenvalue weighted by Gasteiger charge is 2.15. The molecule has 0 spiro atoms. The van der Waals surface area contributed by atoms with Gasteiger partial charge in [0.15, 0.2) is 5.82 Å². The Bertz CT molecular complexity index is 1520. The number of hydrogen-bond donors (Lipinski definition) is 1. The minimum absolute atomic E-state index is 0.0470. The van der Waals surface area contributed by atoms with Gasteiger partial charge in [-0.1, -0.05) is 0 Å². The fourth-order valence-electron chi connectivity index (χ4n) is 3.57. The summed E-state index contributed by atoms with van der Waals surface area (Å²) < 4.78 is 31.4. The maximum atomic E-state index is 13.9. The molecule has 9 nitrogen and oxygen atoms in total. The summed E-state index contributed by atoms with van der Waals surface area (Å²) >= 11 is 0. The van der Waals surface area contributed by atoms with Crippen LogP contribution in [0.1, 0.15) is 5.56 Å². The summed E-state index contributed by atoms with van der Waals surface area (Å²) in [5.41, 5.74) is 7.81. The Morgan fingerprint density at radius 2 is 1.94 bits per heavy atom. The molecule has 0 saturated heterocycles. The summed E-state index contributed by atoms with van der Waals surface area (Å²) in [6.45, 7) is -0.157. The van der Waals surface area contributed by atoms with Gasteiger partial charge in [-0.2, -0.15) is 9.78 Å². The highest BCUT2D eigenvalue weighted by molar-refractivity contribution is 6.00. The Labute approximate surface area is 179 Å². The quantitative estimate of drug-likeness (QED) is 0.465. The van der Waals surface area contributed by atoms with Gasteiger partial charge in [0, 0.05) is 36.1 Å². The number of benzene rings is 1. The third-order valence-electron chi connectivity index (χ3n) is 5.14. The maximum absolute atomic E-state index is 13.9. The summed E-state index contributed by atoms with van der Waals surface area (Å²) in [6, 6.07) is 6.50. The summed E-state index contributed by atoms with van der Waals surface area (Å²) in [6.07, 6.45) is 6.13. The fourth-order valence-corrected chi connectivity index (χ4v) is 3.57. The topological polar surface area (TPSA) is 109 Å². The minimum atomic E-state index is -0.605. The molecule has 32 heavy (non-hydrogen) atoms. The number of aryl methyl sites for hydroxylation is 1. The van der Waals surface area contributed by atoms with Gasteiger partial charge in [-0.15, -0.1) is 0 Å². The van der Waals surface area contributed by atoms with Crippen LogP contribution in [0.25, 0.3) is 28.0 Å². The lowest BCUT2D eigenvalue weighted by molar-refractivity contribution is 0.574. The third-order valence-corrected chi connectivity index (χ3v) is 5.14. The van der Waals surface area contributed by atoms with Crippen molar-refractivity contribution in [2.45, 2.75) is 6.54 Å². The van der Waals surface area contributed by atoms with Crippen LogP contribution in [0.4, 0.5) is 14.6 Å². The van der Waals surface area contributed by atoms with Crippen molar-refractivity contribution in [2.75, 3.05) is 5.73 Å². The SMILES string of the molecule is Cn1cc(-c2ccc(-n3ncn(Cc4cc(F)ccc4F)c3=O)nc2)c2c(N)ncnc21. The van der Waals surface area contributed by atoms with E-state index in [1.807, 2.05) is 17.8 Å². The molecule has 11 heteroatoms. The van der Waals surface area contributed by atoms with Gasteiger partial charge < -0.3 is 10.3 Å². The molecule has 0 atom stereocenters. The number of rotatable bonds is 4. The van der Waals surface area contributed by atoms with E-state index in [-0.39, 0.29) is 17.9 Å². The number of aromatic nitrogens is 7. The Kier molecular flexibility index (Phi) is 4.51. The fraction of sp³-hybridized carbons (Fsp3) is 0.0952. The second kappa shape index (κ2) is 7.38. The molecule has 2 N–H and O–H groups in total. The Morgan fingerprint density at radius 3 is 2.72 bits per heavy atom. The molecule has 0 aliphatic carbocycles. The number of nitrogen functional groups attached to an aromatic ring is 1. The van der Waals surface area contributed by atoms with Crippen LogP contribution < -0.4 is 11.4 Å². The molecule has 5 aromatic rings. The van der Waals surface area contributed by atoms with E-state index in [2.05, 4.69) is 20.1 Å². The number of pyridine rings is 1. The van der Waals surface area contributed by atoms with E-state index >= 15 is 0 Å². The van der Waals surface area contributed by atoms with E-state index in [1.165, 1.54) is 17.2 Å². The van der Waals surface area contributed by atoms with Gasteiger partial charge >= 0.3 is 5.69 Å². The molecule has 0 radical (unpaired) electrons. The monoisotopic (exact) mass is 434 g/mol. The number of anilines is 1. The van der Waals surface area contributed by atoms with Crippen molar-refractivity contribution in [3.63, 3.8) is 0 Å². The van der Waals surface area contributed by atoms with Gasteiger partial charge in [0.05, 0.1) is 11.9 Å². The van der Waals surface area contributed by atoms with Crippen molar-refractivity contribution in [3.8, 4) is 16.9 Å². The lowest BCUT2D eigenvalue weighted by atomic mass is 10.1. The average molecular weight is 434 g/mol. The molecule has 160 valence electrons. The van der Waals surface area contributed by atoms with Crippen LogP contribution in [0.5, 0.6) is 0 Å². The maximum Gasteiger partial charge on any atom is 0.352 e. The second-order valence-corrected chi connectivity index (χ2v) is 7.21. The minimum Gasteiger partial charge on any atom is -0.383 e. The standard InChI is InChI=1S/C21H16F2N8O/c1-29-9-15(18-19(24)26-10-27-20(18)29)12-2-5-17(25-7-12)31-21(32)30(11-28-31)8-13-6-14(22)3-4-16(13)23/h2-7,9-11H,8H2,1H3,(H2,24,26,27). The lowest BCUT2D eigenvalue weighted by Crippen LogP contribution is -2.25. The van der Waals surface area contributed by atoms with E-state index < -0.39 is 17.3 Å². The molecule has 4 heterocycles. The molecule has 5 rings (SSSR count). The summed E-state index contributed by atoms with van der Waals surface area (Å²) in [4.78, 5) is 25.4. The van der Waals surface area contributed by atoms with Crippen LogP contribution in [0.2, 0.25) is 0 Å². The summed E-state index contributed by atoms with van der Waals surface area (Å²) in [5.74, 6) is -0.554. The first-order valence-corrected chi connectivity index (χ1v) is 9.53. The first-order chi connectivity index (χ1) is 15.4. The number of hydrogen-bond acceptors (Lipinski definition) is 6. The van der Waals surface area contributed by atoms with Crippen LogP contribution in [-0.4, -0.2) is 33.9 Å². The number of fused-ring (bicyclic) bond motifs is 1. The van der Waals surface area contributed by atoms with Crippen LogP contribution in [-0.2, 0) is 13.6 Å². The predicted molar refractivity (Wildman–Crippen MR) is 113 cm³/mol. The molecular formula is C21H16F2N8O. The van der Waals surface area contributed by atoms with Crippen LogP contribution in [0.15, 0.2) is 60.2 Å². The molecule has 0 bridgehead atoms. The molecule has 1 aromatic carbocycles. The van der Waals surface area contributed by atoms with Crippen molar-refractivity contribution < 1.29 is 8.78 Å². The second-order valence-electron chi connectivity index (χ2n) is 7.21. The van der Waals surface area contributed by atoms with Crippen LogP contribution in [0.3, 0.4) is 0 Å². The number of halogens is 2. The summed E-state index contributed by atoms with van der Waals surface area (Å²) in [5, 5.41) is 4.76. The highest BCUT2D eigenvalue weighted by Crippen LogP contribution is 2.31. The van der Waals surface area contributed by atoms with E-state index in [4.69, 9.17) is 5.73 Å². The zero-order valence-electron chi connectivity index (χ0n) is 16.8. The third kappa shape index (κ3) is 3.20. The highest BCUT2D eigenvalue weighted by atomic mass is 19.1. The molecule has 0 aliphatic heterocycles. The van der Waals surface area contributed by atoms with Gasteiger partial charge in [-0.25, -0.2) is 28.5 Å². The zero-order valence-corrected chi connectivity index (χ0v) is 16.8. The van der Waals surface area contributed by atoms with Crippen molar-refractivity contribution in [1.82, 2.24) is 33.9 Å².